The van der Waals surface area contributed by atoms with Gasteiger partial charge in [0.25, 0.3) is 0 Å². The van der Waals surface area contributed by atoms with Crippen molar-refractivity contribution in [1.82, 2.24) is 4.31 Å². The van der Waals surface area contributed by atoms with Crippen LogP contribution in [-0.4, -0.2) is 45.4 Å². The van der Waals surface area contributed by atoms with Gasteiger partial charge in [0.2, 0.25) is 10.0 Å². The van der Waals surface area contributed by atoms with Crippen molar-refractivity contribution in [2.75, 3.05) is 26.8 Å². The van der Waals surface area contributed by atoms with Crippen LogP contribution in [0.5, 0.6) is 0 Å². The predicted molar refractivity (Wildman–Crippen MR) is 79.0 cm³/mol. The summed E-state index contributed by atoms with van der Waals surface area (Å²) in [5, 5.41) is 7.22. The van der Waals surface area contributed by atoms with Crippen molar-refractivity contribution in [2.45, 2.75) is 12.2 Å². The SMILES string of the molecule is COCCN(CCC(=N)N)S(=O)(=O)Cc1ccccc1. The third-order valence-corrected chi connectivity index (χ3v) is 4.61. The Morgan fingerprint density at radius 3 is 2.50 bits per heavy atom. The molecule has 0 atom stereocenters. The first-order valence-electron chi connectivity index (χ1n) is 6.29. The molecule has 0 heterocycles. The second-order valence-corrected chi connectivity index (χ2v) is 6.38. The molecule has 0 aromatic heterocycles. The molecular weight excluding hydrogens is 278 g/mol. The molecule has 0 saturated carbocycles. The molecule has 0 bridgehead atoms. The molecule has 112 valence electrons. The number of nitrogens with two attached hydrogens (primary N) is 1. The zero-order chi connectivity index (χ0) is 15.0. The van der Waals surface area contributed by atoms with Gasteiger partial charge in [-0.15, -0.1) is 0 Å². The lowest BCUT2D eigenvalue weighted by Gasteiger charge is -2.21. The average Bonchev–Trinajstić information content (AvgIpc) is 2.38. The lowest BCUT2D eigenvalue weighted by atomic mass is 10.2. The van der Waals surface area contributed by atoms with E-state index in [0.717, 1.165) is 5.56 Å². The summed E-state index contributed by atoms with van der Waals surface area (Å²) in [7, 11) is -1.92. The number of benzene rings is 1. The number of hydrogen-bond acceptors (Lipinski definition) is 4. The Balaban J connectivity index is 2.78. The van der Waals surface area contributed by atoms with Crippen LogP contribution in [-0.2, 0) is 20.5 Å². The van der Waals surface area contributed by atoms with Gasteiger partial charge >= 0.3 is 0 Å². The zero-order valence-corrected chi connectivity index (χ0v) is 12.4. The van der Waals surface area contributed by atoms with E-state index in [1.54, 1.807) is 24.3 Å². The molecule has 0 aliphatic carbocycles. The van der Waals surface area contributed by atoms with Crippen molar-refractivity contribution >= 4 is 15.9 Å². The van der Waals surface area contributed by atoms with E-state index < -0.39 is 10.0 Å². The summed E-state index contributed by atoms with van der Waals surface area (Å²) in [6.45, 7) is 0.777. The lowest BCUT2D eigenvalue weighted by Crippen LogP contribution is -2.37. The summed E-state index contributed by atoms with van der Waals surface area (Å²) < 4.78 is 31.0. The highest BCUT2D eigenvalue weighted by molar-refractivity contribution is 7.88. The van der Waals surface area contributed by atoms with Crippen LogP contribution in [0.2, 0.25) is 0 Å². The Morgan fingerprint density at radius 2 is 1.95 bits per heavy atom. The predicted octanol–water partition coefficient (Wildman–Crippen LogP) is 0.791. The molecular formula is C13H21N3O3S. The minimum atomic E-state index is -3.44. The second-order valence-electron chi connectivity index (χ2n) is 4.41. The topological polar surface area (TPSA) is 96.5 Å². The maximum Gasteiger partial charge on any atom is 0.218 e. The van der Waals surface area contributed by atoms with Gasteiger partial charge in [-0.1, -0.05) is 30.3 Å². The Labute approximate surface area is 120 Å². The Kier molecular flexibility index (Phi) is 6.63. The molecule has 0 saturated heterocycles. The lowest BCUT2D eigenvalue weighted by molar-refractivity contribution is 0.179. The van der Waals surface area contributed by atoms with E-state index in [9.17, 15) is 8.42 Å². The van der Waals surface area contributed by atoms with Crippen LogP contribution in [0.4, 0.5) is 0 Å². The molecule has 1 aromatic rings. The summed E-state index contributed by atoms with van der Waals surface area (Å²) in [6, 6.07) is 9.00. The number of rotatable bonds is 9. The number of ether oxygens (including phenoxy) is 1. The van der Waals surface area contributed by atoms with Crippen LogP contribution in [0.3, 0.4) is 0 Å². The van der Waals surface area contributed by atoms with Crippen LogP contribution >= 0.6 is 0 Å². The molecule has 0 radical (unpaired) electrons. The van der Waals surface area contributed by atoms with Crippen molar-refractivity contribution in [3.05, 3.63) is 35.9 Å². The molecule has 0 spiro atoms. The maximum atomic E-state index is 12.4. The molecule has 6 nitrogen and oxygen atoms in total. The molecule has 0 aliphatic heterocycles. The van der Waals surface area contributed by atoms with Gasteiger partial charge in [0.15, 0.2) is 0 Å². The molecule has 7 heteroatoms. The first-order chi connectivity index (χ1) is 9.45. The third-order valence-electron chi connectivity index (χ3n) is 2.76. The quantitative estimate of drug-likeness (QED) is 0.520. The van der Waals surface area contributed by atoms with Crippen molar-refractivity contribution in [2.24, 2.45) is 5.73 Å². The Bertz CT molecular complexity index is 517. The number of nitrogens with one attached hydrogen (secondary N) is 1. The fourth-order valence-corrected chi connectivity index (χ4v) is 3.22. The summed E-state index contributed by atoms with van der Waals surface area (Å²) in [4.78, 5) is 0. The van der Waals surface area contributed by atoms with Crippen molar-refractivity contribution < 1.29 is 13.2 Å². The van der Waals surface area contributed by atoms with Gasteiger partial charge in [-0.3, -0.25) is 5.41 Å². The van der Waals surface area contributed by atoms with E-state index in [2.05, 4.69) is 0 Å². The van der Waals surface area contributed by atoms with E-state index in [1.807, 2.05) is 6.07 Å². The van der Waals surface area contributed by atoms with E-state index in [0.29, 0.717) is 6.61 Å². The third kappa shape index (κ3) is 5.68. The standard InChI is InChI=1S/C13H21N3O3S/c1-19-10-9-16(8-7-13(14)15)20(17,18)11-12-5-3-2-4-6-12/h2-6H,7-11H2,1H3,(H3,14,15). The van der Waals surface area contributed by atoms with Gasteiger partial charge in [0.05, 0.1) is 18.2 Å². The maximum absolute atomic E-state index is 12.4. The largest absolute Gasteiger partial charge is 0.388 e. The first kappa shape index (κ1) is 16.6. The van der Waals surface area contributed by atoms with Gasteiger partial charge in [0.1, 0.15) is 0 Å². The van der Waals surface area contributed by atoms with Crippen molar-refractivity contribution in [1.29, 1.82) is 5.41 Å². The molecule has 0 aliphatic rings. The minimum absolute atomic E-state index is 0.0256. The van der Waals surface area contributed by atoms with E-state index >= 15 is 0 Å². The van der Waals surface area contributed by atoms with E-state index in [1.165, 1.54) is 11.4 Å². The van der Waals surface area contributed by atoms with Crippen molar-refractivity contribution in [3.8, 4) is 0 Å². The smallest absolute Gasteiger partial charge is 0.218 e. The Hall–Kier alpha value is -1.44. The van der Waals surface area contributed by atoms with Gasteiger partial charge in [0, 0.05) is 26.6 Å². The second kappa shape index (κ2) is 7.98. The number of sulfonamides is 1. The molecule has 0 unspecified atom stereocenters. The highest BCUT2D eigenvalue weighted by Crippen LogP contribution is 2.11. The number of methoxy groups -OCH3 is 1. The average molecular weight is 299 g/mol. The summed E-state index contributed by atoms with van der Waals surface area (Å²) in [5.41, 5.74) is 6.03. The molecule has 0 fully saturated rings. The molecule has 20 heavy (non-hydrogen) atoms. The molecule has 3 N–H and O–H groups in total. The van der Waals surface area contributed by atoms with E-state index in [4.69, 9.17) is 15.9 Å². The van der Waals surface area contributed by atoms with Crippen LogP contribution in [0.25, 0.3) is 0 Å². The van der Waals surface area contributed by atoms with Gasteiger partial charge in [-0.2, -0.15) is 4.31 Å². The summed E-state index contributed by atoms with van der Waals surface area (Å²) >= 11 is 0. The van der Waals surface area contributed by atoms with E-state index in [-0.39, 0.29) is 31.1 Å². The highest BCUT2D eigenvalue weighted by atomic mass is 32.2. The number of amidine groups is 1. The van der Waals surface area contributed by atoms with Gasteiger partial charge < -0.3 is 10.5 Å². The van der Waals surface area contributed by atoms with Crippen LogP contribution < -0.4 is 5.73 Å². The monoisotopic (exact) mass is 299 g/mol. The molecule has 1 aromatic carbocycles. The molecule has 1 rings (SSSR count). The van der Waals surface area contributed by atoms with Crippen molar-refractivity contribution in [3.63, 3.8) is 0 Å². The van der Waals surface area contributed by atoms with Crippen LogP contribution in [0.15, 0.2) is 30.3 Å². The van der Waals surface area contributed by atoms with Crippen LogP contribution in [0, 0.1) is 5.41 Å². The Morgan fingerprint density at radius 1 is 1.30 bits per heavy atom. The van der Waals surface area contributed by atoms with Crippen LogP contribution in [0.1, 0.15) is 12.0 Å². The fraction of sp³-hybridized carbons (Fsp3) is 0.462. The minimum Gasteiger partial charge on any atom is -0.388 e. The molecule has 0 amide bonds. The number of hydrogen-bond donors (Lipinski definition) is 2. The summed E-state index contributed by atoms with van der Waals surface area (Å²) in [6.07, 6.45) is 0.220. The summed E-state index contributed by atoms with van der Waals surface area (Å²) in [5.74, 6) is -0.0857. The fourth-order valence-electron chi connectivity index (χ4n) is 1.70. The number of nitrogens with zero attached hydrogens (tertiary/aromatic N) is 1. The van der Waals surface area contributed by atoms with Gasteiger partial charge in [-0.05, 0) is 5.56 Å². The highest BCUT2D eigenvalue weighted by Gasteiger charge is 2.22. The first-order valence-corrected chi connectivity index (χ1v) is 7.90. The normalized spacial score (nSPS) is 11.7. The van der Waals surface area contributed by atoms with Gasteiger partial charge in [-0.25, -0.2) is 8.42 Å². The zero-order valence-electron chi connectivity index (χ0n) is 11.6.